The predicted octanol–water partition coefficient (Wildman–Crippen LogP) is 4.24. The number of aliphatic hydroxyl groups excluding tert-OH is 1. The fourth-order valence-corrected chi connectivity index (χ4v) is 3.51. The summed E-state index contributed by atoms with van der Waals surface area (Å²) in [7, 11) is 1.46. The smallest absolute Gasteiger partial charge is 0.323 e. The van der Waals surface area contributed by atoms with Gasteiger partial charge in [0.25, 0.3) is 0 Å². The summed E-state index contributed by atoms with van der Waals surface area (Å²) in [5, 5.41) is 21.5. The number of rotatable bonds is 10. The zero-order valence-corrected chi connectivity index (χ0v) is 22.8. The highest BCUT2D eigenvalue weighted by Gasteiger charge is 2.21. The Bertz CT molecular complexity index is 1320. The minimum absolute atomic E-state index is 0.0283. The topological polar surface area (TPSA) is 145 Å². The summed E-state index contributed by atoms with van der Waals surface area (Å²) < 4.78 is 5.75. The molecule has 0 aliphatic rings. The fourth-order valence-electron chi connectivity index (χ4n) is 3.51. The van der Waals surface area contributed by atoms with Crippen molar-refractivity contribution < 1.29 is 29.3 Å². The number of hydrogen-bond donors (Lipinski definition) is 3. The number of aryl methyl sites for hydroxylation is 1. The number of benzene rings is 2. The van der Waals surface area contributed by atoms with Crippen molar-refractivity contribution >= 4 is 30.1 Å². The molecule has 3 amide bonds. The van der Waals surface area contributed by atoms with Gasteiger partial charge in [-0.25, -0.2) is 14.8 Å². The standard InChI is InChI=1S/C29H33N5O6/c1-19-5-7-22(8-6-19)17-34(18-35)28(32-29(39)33(4)16-20(2)27(37)38)31-24-10-12-25(13-11-24)40-26-14-9-23(15-30-26)21(3)36/h5-15,18,20-21,36H,16-17H2,1-4H3,(H,37,38)(H,31,32,39)/t20-,21?/m0/s1. The molecule has 0 bridgehead atoms. The lowest BCUT2D eigenvalue weighted by molar-refractivity contribution is -0.141. The molecule has 11 heteroatoms. The van der Waals surface area contributed by atoms with Gasteiger partial charge in [0.05, 0.1) is 24.3 Å². The van der Waals surface area contributed by atoms with Crippen molar-refractivity contribution in [2.24, 2.45) is 10.9 Å². The first-order valence-corrected chi connectivity index (χ1v) is 12.6. The number of guanidine groups is 1. The number of pyridine rings is 1. The number of aromatic nitrogens is 1. The van der Waals surface area contributed by atoms with E-state index in [2.05, 4.69) is 15.3 Å². The van der Waals surface area contributed by atoms with E-state index in [0.29, 0.717) is 29.3 Å². The second kappa shape index (κ2) is 13.9. The third kappa shape index (κ3) is 8.63. The fraction of sp³-hybridized carbons (Fsp3) is 0.276. The van der Waals surface area contributed by atoms with E-state index < -0.39 is 24.0 Å². The highest BCUT2D eigenvalue weighted by molar-refractivity contribution is 6.01. The Hall–Kier alpha value is -4.77. The molecule has 2 aromatic carbocycles. The van der Waals surface area contributed by atoms with Crippen LogP contribution in [-0.4, -0.2) is 63.0 Å². The molecule has 0 fully saturated rings. The molecule has 0 radical (unpaired) electrons. The molecule has 0 saturated carbocycles. The molecular weight excluding hydrogens is 514 g/mol. The Balaban J connectivity index is 1.83. The van der Waals surface area contributed by atoms with Gasteiger partial charge in [-0.05, 0) is 55.3 Å². The lowest BCUT2D eigenvalue weighted by Gasteiger charge is -2.24. The van der Waals surface area contributed by atoms with Gasteiger partial charge in [0, 0.05) is 25.9 Å². The van der Waals surface area contributed by atoms with Crippen LogP contribution in [-0.2, 0) is 16.1 Å². The quantitative estimate of drug-likeness (QED) is 0.196. The van der Waals surface area contributed by atoms with Crippen LogP contribution in [0.15, 0.2) is 71.9 Å². The molecule has 11 nitrogen and oxygen atoms in total. The summed E-state index contributed by atoms with van der Waals surface area (Å²) in [4.78, 5) is 47.4. The lowest BCUT2D eigenvalue weighted by Crippen LogP contribution is -2.49. The Kier molecular flexibility index (Phi) is 10.3. The van der Waals surface area contributed by atoms with Gasteiger partial charge in [-0.3, -0.25) is 19.8 Å². The number of amides is 3. The Labute approximate surface area is 232 Å². The molecule has 1 unspecified atom stereocenters. The summed E-state index contributed by atoms with van der Waals surface area (Å²) in [5.41, 5.74) is 2.98. The minimum Gasteiger partial charge on any atom is -0.481 e. The van der Waals surface area contributed by atoms with Crippen LogP contribution < -0.4 is 10.1 Å². The molecule has 2 atom stereocenters. The SMILES string of the molecule is Cc1ccc(CN(C=O)C(=Nc2ccc(Oc3ccc(C(C)O)cn3)cc2)NC(=O)N(C)C[C@H](C)C(=O)O)cc1. The van der Waals surface area contributed by atoms with E-state index in [1.807, 2.05) is 31.2 Å². The first-order chi connectivity index (χ1) is 19.0. The van der Waals surface area contributed by atoms with Crippen LogP contribution in [0.1, 0.15) is 36.6 Å². The van der Waals surface area contributed by atoms with Gasteiger partial charge in [0.15, 0.2) is 0 Å². The van der Waals surface area contributed by atoms with Gasteiger partial charge >= 0.3 is 12.0 Å². The van der Waals surface area contributed by atoms with Crippen LogP contribution in [0.5, 0.6) is 11.6 Å². The predicted molar refractivity (Wildman–Crippen MR) is 149 cm³/mol. The first-order valence-electron chi connectivity index (χ1n) is 12.6. The largest absolute Gasteiger partial charge is 0.481 e. The number of aliphatic hydroxyl groups is 1. The van der Waals surface area contributed by atoms with E-state index in [9.17, 15) is 24.6 Å². The molecule has 3 aromatic rings. The van der Waals surface area contributed by atoms with E-state index in [-0.39, 0.29) is 19.0 Å². The number of aliphatic imine (C=N–C) groups is 1. The second-order valence-electron chi connectivity index (χ2n) is 9.41. The number of carbonyl (C=O) groups is 3. The number of urea groups is 1. The molecule has 0 saturated heterocycles. The van der Waals surface area contributed by atoms with Crippen LogP contribution in [0.25, 0.3) is 0 Å². The van der Waals surface area contributed by atoms with Gasteiger partial charge in [0.1, 0.15) is 5.75 Å². The molecule has 0 spiro atoms. The monoisotopic (exact) mass is 547 g/mol. The highest BCUT2D eigenvalue weighted by atomic mass is 16.5. The molecular formula is C29H33N5O6. The number of ether oxygens (including phenoxy) is 1. The third-order valence-corrected chi connectivity index (χ3v) is 5.94. The van der Waals surface area contributed by atoms with Crippen LogP contribution in [0, 0.1) is 12.8 Å². The average molecular weight is 548 g/mol. The van der Waals surface area contributed by atoms with Crippen LogP contribution >= 0.6 is 0 Å². The summed E-state index contributed by atoms with van der Waals surface area (Å²) in [6, 6.07) is 17.0. The third-order valence-electron chi connectivity index (χ3n) is 5.94. The Morgan fingerprint density at radius 1 is 1.07 bits per heavy atom. The zero-order chi connectivity index (χ0) is 29.2. The maximum absolute atomic E-state index is 12.9. The number of carboxylic acids is 1. The number of carbonyl (C=O) groups excluding carboxylic acids is 2. The van der Waals surface area contributed by atoms with E-state index in [1.54, 1.807) is 43.3 Å². The summed E-state index contributed by atoms with van der Waals surface area (Å²) in [6.45, 7) is 5.21. The number of nitrogens with zero attached hydrogens (tertiary/aromatic N) is 4. The Morgan fingerprint density at radius 2 is 1.75 bits per heavy atom. The van der Waals surface area contributed by atoms with Crippen molar-refractivity contribution in [2.75, 3.05) is 13.6 Å². The highest BCUT2D eigenvalue weighted by Crippen LogP contribution is 2.24. The van der Waals surface area contributed by atoms with E-state index >= 15 is 0 Å². The molecule has 0 aliphatic heterocycles. The van der Waals surface area contributed by atoms with Crippen LogP contribution in [0.3, 0.4) is 0 Å². The van der Waals surface area contributed by atoms with Gasteiger partial charge in [0.2, 0.25) is 18.2 Å². The van der Waals surface area contributed by atoms with Crippen molar-refractivity contribution in [1.82, 2.24) is 20.1 Å². The van der Waals surface area contributed by atoms with Crippen molar-refractivity contribution in [2.45, 2.75) is 33.4 Å². The number of hydrogen-bond acceptors (Lipinski definition) is 7. The average Bonchev–Trinajstić information content (AvgIpc) is 2.93. The van der Waals surface area contributed by atoms with Crippen molar-refractivity contribution in [3.63, 3.8) is 0 Å². The molecule has 3 rings (SSSR count). The van der Waals surface area contributed by atoms with Gasteiger partial charge in [-0.15, -0.1) is 0 Å². The first kappa shape index (κ1) is 29.8. The number of carboxylic acid groups (broad SMARTS) is 1. The Morgan fingerprint density at radius 3 is 2.30 bits per heavy atom. The summed E-state index contributed by atoms with van der Waals surface area (Å²) in [5.74, 6) is -1.01. The lowest BCUT2D eigenvalue weighted by atomic mass is 10.1. The van der Waals surface area contributed by atoms with E-state index in [1.165, 1.54) is 30.0 Å². The number of nitrogens with one attached hydrogen (secondary N) is 1. The van der Waals surface area contributed by atoms with Gasteiger partial charge in [-0.1, -0.05) is 36.8 Å². The second-order valence-corrected chi connectivity index (χ2v) is 9.41. The minimum atomic E-state index is -1.03. The maximum atomic E-state index is 12.9. The summed E-state index contributed by atoms with van der Waals surface area (Å²) in [6.07, 6.45) is 1.47. The van der Waals surface area contributed by atoms with Crippen molar-refractivity contribution in [3.05, 3.63) is 83.6 Å². The van der Waals surface area contributed by atoms with Gasteiger partial charge < -0.3 is 19.8 Å². The molecule has 1 aromatic heterocycles. The summed E-state index contributed by atoms with van der Waals surface area (Å²) >= 11 is 0. The normalized spacial score (nSPS) is 12.7. The van der Waals surface area contributed by atoms with Gasteiger partial charge in [-0.2, -0.15) is 0 Å². The molecule has 1 heterocycles. The van der Waals surface area contributed by atoms with E-state index in [4.69, 9.17) is 4.74 Å². The zero-order valence-electron chi connectivity index (χ0n) is 22.8. The van der Waals surface area contributed by atoms with Crippen LogP contribution in [0.2, 0.25) is 0 Å². The van der Waals surface area contributed by atoms with Crippen molar-refractivity contribution in [1.29, 1.82) is 0 Å². The number of aliphatic carboxylic acids is 1. The van der Waals surface area contributed by atoms with Crippen LogP contribution in [0.4, 0.5) is 10.5 Å². The van der Waals surface area contributed by atoms with E-state index in [0.717, 1.165) is 11.1 Å². The van der Waals surface area contributed by atoms with Crippen molar-refractivity contribution in [3.8, 4) is 11.6 Å². The maximum Gasteiger partial charge on any atom is 0.323 e. The molecule has 0 aliphatic carbocycles. The molecule has 3 N–H and O–H groups in total. The molecule has 40 heavy (non-hydrogen) atoms. The molecule has 210 valence electrons.